The SMILES string of the molecule is COC(=O)C1(Cc2ccc3c(c2)SCCN3)CC1. The molecule has 2 aliphatic rings. The monoisotopic (exact) mass is 263 g/mol. The summed E-state index contributed by atoms with van der Waals surface area (Å²) >= 11 is 1.88. The number of hydrogen-bond donors (Lipinski definition) is 1. The van der Waals surface area contributed by atoms with Gasteiger partial charge in [0.05, 0.1) is 12.5 Å². The van der Waals surface area contributed by atoms with E-state index >= 15 is 0 Å². The van der Waals surface area contributed by atoms with Crippen molar-refractivity contribution < 1.29 is 9.53 Å². The first kappa shape index (κ1) is 11.9. The van der Waals surface area contributed by atoms with Crippen LogP contribution in [-0.4, -0.2) is 25.4 Å². The van der Waals surface area contributed by atoms with E-state index in [1.807, 2.05) is 11.8 Å². The molecule has 1 aromatic rings. The maximum Gasteiger partial charge on any atom is 0.312 e. The smallest absolute Gasteiger partial charge is 0.312 e. The molecule has 96 valence electrons. The van der Waals surface area contributed by atoms with Gasteiger partial charge in [-0.3, -0.25) is 4.79 Å². The standard InChI is InChI=1S/C14H17NO2S/c1-17-13(16)14(4-5-14)9-10-2-3-11-12(8-10)18-7-6-15-11/h2-3,8,15H,4-7,9H2,1H3. The second-order valence-corrected chi connectivity index (χ2v) is 6.19. The van der Waals surface area contributed by atoms with Gasteiger partial charge in [0.25, 0.3) is 0 Å². The summed E-state index contributed by atoms with van der Waals surface area (Å²) in [6, 6.07) is 6.47. The molecule has 0 atom stereocenters. The maximum absolute atomic E-state index is 11.7. The van der Waals surface area contributed by atoms with Crippen LogP contribution >= 0.6 is 11.8 Å². The van der Waals surface area contributed by atoms with E-state index in [1.165, 1.54) is 23.3 Å². The number of rotatable bonds is 3. The molecule has 3 rings (SSSR count). The predicted molar refractivity (Wildman–Crippen MR) is 73.0 cm³/mol. The quantitative estimate of drug-likeness (QED) is 0.851. The minimum Gasteiger partial charge on any atom is -0.469 e. The molecule has 0 radical (unpaired) electrons. The molecular weight excluding hydrogens is 246 g/mol. The van der Waals surface area contributed by atoms with Crippen molar-refractivity contribution in [1.29, 1.82) is 0 Å². The molecule has 0 amide bonds. The van der Waals surface area contributed by atoms with E-state index in [0.717, 1.165) is 31.6 Å². The number of thioether (sulfide) groups is 1. The van der Waals surface area contributed by atoms with Crippen molar-refractivity contribution in [2.45, 2.75) is 24.2 Å². The third-order valence-electron chi connectivity index (χ3n) is 3.74. The van der Waals surface area contributed by atoms with E-state index in [-0.39, 0.29) is 11.4 Å². The lowest BCUT2D eigenvalue weighted by Crippen LogP contribution is -2.20. The molecule has 1 N–H and O–H groups in total. The molecule has 1 aliphatic heterocycles. The Labute approximate surface area is 111 Å². The molecule has 18 heavy (non-hydrogen) atoms. The zero-order valence-corrected chi connectivity index (χ0v) is 11.3. The fraction of sp³-hybridized carbons (Fsp3) is 0.500. The number of hydrogen-bond acceptors (Lipinski definition) is 4. The Kier molecular flexibility index (Phi) is 2.98. The second kappa shape index (κ2) is 4.50. The van der Waals surface area contributed by atoms with Gasteiger partial charge in [0.1, 0.15) is 0 Å². The van der Waals surface area contributed by atoms with Gasteiger partial charge in [-0.25, -0.2) is 0 Å². The van der Waals surface area contributed by atoms with Crippen LogP contribution in [0.3, 0.4) is 0 Å². The van der Waals surface area contributed by atoms with Crippen LogP contribution in [0.15, 0.2) is 23.1 Å². The van der Waals surface area contributed by atoms with Crippen molar-refractivity contribution in [3.8, 4) is 0 Å². The molecule has 1 heterocycles. The topological polar surface area (TPSA) is 38.3 Å². The summed E-state index contributed by atoms with van der Waals surface area (Å²) in [5.74, 6) is 1.06. The third kappa shape index (κ3) is 2.09. The molecule has 3 nitrogen and oxygen atoms in total. The average molecular weight is 263 g/mol. The number of carbonyl (C=O) groups is 1. The minimum absolute atomic E-state index is 0.0500. The van der Waals surface area contributed by atoms with Crippen LogP contribution < -0.4 is 5.32 Å². The first-order valence-corrected chi connectivity index (χ1v) is 7.30. The van der Waals surface area contributed by atoms with Crippen molar-refractivity contribution in [3.05, 3.63) is 23.8 Å². The molecule has 0 saturated heterocycles. The highest BCUT2D eigenvalue weighted by Crippen LogP contribution is 2.49. The van der Waals surface area contributed by atoms with E-state index in [0.29, 0.717) is 0 Å². The lowest BCUT2D eigenvalue weighted by atomic mass is 9.96. The van der Waals surface area contributed by atoms with Gasteiger partial charge < -0.3 is 10.1 Å². The first-order valence-electron chi connectivity index (χ1n) is 6.32. The first-order chi connectivity index (χ1) is 8.73. The third-order valence-corrected chi connectivity index (χ3v) is 4.79. The van der Waals surface area contributed by atoms with E-state index in [1.54, 1.807) is 0 Å². The highest BCUT2D eigenvalue weighted by Gasteiger charge is 2.50. The predicted octanol–water partition coefficient (Wildman–Crippen LogP) is 2.70. The van der Waals surface area contributed by atoms with Crippen molar-refractivity contribution in [3.63, 3.8) is 0 Å². The lowest BCUT2D eigenvalue weighted by molar-refractivity contribution is -0.147. The van der Waals surface area contributed by atoms with Crippen LogP contribution in [-0.2, 0) is 16.0 Å². The van der Waals surface area contributed by atoms with Gasteiger partial charge in [-0.05, 0) is 37.0 Å². The van der Waals surface area contributed by atoms with Gasteiger partial charge in [0, 0.05) is 22.9 Å². The van der Waals surface area contributed by atoms with Crippen molar-refractivity contribution in [2.24, 2.45) is 5.41 Å². The number of methoxy groups -OCH3 is 1. The zero-order chi connectivity index (χ0) is 12.6. The molecule has 0 unspecified atom stereocenters. The Morgan fingerprint density at radius 1 is 1.50 bits per heavy atom. The summed E-state index contributed by atoms with van der Waals surface area (Å²) in [6.45, 7) is 1.03. The van der Waals surface area contributed by atoms with Gasteiger partial charge in [0.15, 0.2) is 0 Å². The number of carbonyl (C=O) groups excluding carboxylic acids is 1. The number of anilines is 1. The van der Waals surface area contributed by atoms with Gasteiger partial charge in [-0.1, -0.05) is 6.07 Å². The summed E-state index contributed by atoms with van der Waals surface area (Å²) in [5.41, 5.74) is 2.24. The summed E-state index contributed by atoms with van der Waals surface area (Å²) < 4.78 is 4.91. The van der Waals surface area contributed by atoms with Crippen LogP contribution in [0.5, 0.6) is 0 Å². The van der Waals surface area contributed by atoms with Crippen LogP contribution in [0.25, 0.3) is 0 Å². The highest BCUT2D eigenvalue weighted by molar-refractivity contribution is 7.99. The van der Waals surface area contributed by atoms with E-state index < -0.39 is 0 Å². The Morgan fingerprint density at radius 3 is 3.06 bits per heavy atom. The molecule has 1 aromatic carbocycles. The van der Waals surface area contributed by atoms with E-state index in [9.17, 15) is 4.79 Å². The molecule has 0 aromatic heterocycles. The highest BCUT2D eigenvalue weighted by atomic mass is 32.2. The van der Waals surface area contributed by atoms with E-state index in [4.69, 9.17) is 4.74 Å². The normalized spacial score (nSPS) is 19.6. The number of benzene rings is 1. The molecule has 4 heteroatoms. The summed E-state index contributed by atoms with van der Waals surface area (Å²) in [4.78, 5) is 13.1. The Morgan fingerprint density at radius 2 is 2.33 bits per heavy atom. The molecule has 1 aliphatic carbocycles. The molecular formula is C14H17NO2S. The molecule has 0 spiro atoms. The number of nitrogens with one attached hydrogen (secondary N) is 1. The number of fused-ring (bicyclic) bond motifs is 1. The summed E-state index contributed by atoms with van der Waals surface area (Å²) in [7, 11) is 1.48. The van der Waals surface area contributed by atoms with Gasteiger partial charge in [0.2, 0.25) is 0 Å². The van der Waals surface area contributed by atoms with Gasteiger partial charge in [-0.2, -0.15) is 0 Å². The van der Waals surface area contributed by atoms with Crippen molar-refractivity contribution in [1.82, 2.24) is 0 Å². The fourth-order valence-electron chi connectivity index (χ4n) is 2.50. The van der Waals surface area contributed by atoms with Crippen molar-refractivity contribution in [2.75, 3.05) is 24.7 Å². The summed E-state index contributed by atoms with van der Waals surface area (Å²) in [5, 5.41) is 3.39. The maximum atomic E-state index is 11.7. The Balaban J connectivity index is 1.79. The van der Waals surface area contributed by atoms with E-state index in [2.05, 4.69) is 23.5 Å². The number of esters is 1. The number of ether oxygens (including phenoxy) is 1. The molecule has 1 fully saturated rings. The van der Waals surface area contributed by atoms with Crippen LogP contribution in [0.2, 0.25) is 0 Å². The van der Waals surface area contributed by atoms with Gasteiger partial charge in [-0.15, -0.1) is 11.8 Å². The Hall–Kier alpha value is -1.16. The van der Waals surface area contributed by atoms with Gasteiger partial charge >= 0.3 is 5.97 Å². The largest absolute Gasteiger partial charge is 0.469 e. The zero-order valence-electron chi connectivity index (χ0n) is 10.5. The lowest BCUT2D eigenvalue weighted by Gasteiger charge is -2.19. The van der Waals surface area contributed by atoms with Crippen LogP contribution in [0.1, 0.15) is 18.4 Å². The summed E-state index contributed by atoms with van der Waals surface area (Å²) in [6.07, 6.45) is 2.73. The second-order valence-electron chi connectivity index (χ2n) is 5.05. The Bertz CT molecular complexity index is 483. The molecule has 0 bridgehead atoms. The molecule has 1 saturated carbocycles. The average Bonchev–Trinajstić information content (AvgIpc) is 3.18. The van der Waals surface area contributed by atoms with Crippen molar-refractivity contribution >= 4 is 23.4 Å². The minimum atomic E-state index is -0.226. The fourth-order valence-corrected chi connectivity index (χ4v) is 3.45. The van der Waals surface area contributed by atoms with Crippen LogP contribution in [0, 0.1) is 5.41 Å². The van der Waals surface area contributed by atoms with Crippen LogP contribution in [0.4, 0.5) is 5.69 Å².